The van der Waals surface area contributed by atoms with Crippen LogP contribution in [0.1, 0.15) is 11.3 Å². The van der Waals surface area contributed by atoms with E-state index in [0.717, 1.165) is 11.3 Å². The average Bonchev–Trinajstić information content (AvgIpc) is 3.41. The molecular weight excluding hydrogens is 422 g/mol. The van der Waals surface area contributed by atoms with E-state index < -0.39 is 0 Å². The molecule has 0 unspecified atom stereocenters. The molecule has 9 heteroatoms. The molecule has 30 heavy (non-hydrogen) atoms. The monoisotopic (exact) mass is 439 g/mol. The van der Waals surface area contributed by atoms with E-state index in [1.165, 1.54) is 11.8 Å². The normalized spacial score (nSPS) is 10.9. The molecule has 4 rings (SSSR count). The van der Waals surface area contributed by atoms with E-state index in [-0.39, 0.29) is 11.7 Å². The highest BCUT2D eigenvalue weighted by Gasteiger charge is 2.18. The van der Waals surface area contributed by atoms with Crippen LogP contribution in [0.5, 0.6) is 0 Å². The van der Waals surface area contributed by atoms with Crippen molar-refractivity contribution < 1.29 is 9.21 Å². The van der Waals surface area contributed by atoms with Gasteiger partial charge in [0, 0.05) is 16.9 Å². The number of thioether (sulfide) groups is 1. The Morgan fingerprint density at radius 2 is 2.07 bits per heavy atom. The number of hydrogen-bond acceptors (Lipinski definition) is 6. The summed E-state index contributed by atoms with van der Waals surface area (Å²) in [5, 5.41) is 12.7. The minimum Gasteiger partial charge on any atom is -0.467 e. The van der Waals surface area contributed by atoms with Crippen molar-refractivity contribution in [2.45, 2.75) is 18.6 Å². The predicted octanol–water partition coefficient (Wildman–Crippen LogP) is 4.67. The second-order valence-corrected chi connectivity index (χ2v) is 7.79. The van der Waals surface area contributed by atoms with Crippen LogP contribution in [0, 0.1) is 6.92 Å². The maximum atomic E-state index is 12.5. The lowest BCUT2D eigenvalue weighted by molar-refractivity contribution is -0.113. The van der Waals surface area contributed by atoms with Gasteiger partial charge in [-0.1, -0.05) is 35.5 Å². The SMILES string of the molecule is Cc1c(Cl)cccc1NC(=O)CSc1nnc(-c2ccccn2)n1Cc1ccco1. The molecule has 1 N–H and O–H groups in total. The number of pyridine rings is 1. The molecule has 0 atom stereocenters. The fourth-order valence-corrected chi connectivity index (χ4v) is 3.75. The van der Waals surface area contributed by atoms with Crippen molar-refractivity contribution >= 4 is 35.0 Å². The zero-order valence-corrected chi connectivity index (χ0v) is 17.7. The summed E-state index contributed by atoms with van der Waals surface area (Å²) in [6, 6.07) is 14.7. The smallest absolute Gasteiger partial charge is 0.234 e. The van der Waals surface area contributed by atoms with Gasteiger partial charge in [-0.25, -0.2) is 0 Å². The Bertz CT molecular complexity index is 1150. The number of nitrogens with one attached hydrogen (secondary N) is 1. The first kappa shape index (κ1) is 20.2. The Morgan fingerprint density at radius 3 is 2.83 bits per heavy atom. The molecule has 0 aliphatic carbocycles. The third-order valence-corrected chi connectivity index (χ3v) is 5.76. The van der Waals surface area contributed by atoms with E-state index in [1.807, 2.05) is 47.9 Å². The summed E-state index contributed by atoms with van der Waals surface area (Å²) in [6.07, 6.45) is 3.32. The van der Waals surface area contributed by atoms with Gasteiger partial charge in [0.25, 0.3) is 0 Å². The summed E-state index contributed by atoms with van der Waals surface area (Å²) in [6.45, 7) is 2.30. The number of carbonyl (C=O) groups excluding carboxylic acids is 1. The van der Waals surface area contributed by atoms with Crippen molar-refractivity contribution in [2.24, 2.45) is 0 Å². The van der Waals surface area contributed by atoms with Crippen molar-refractivity contribution in [2.75, 3.05) is 11.1 Å². The molecule has 0 saturated carbocycles. The number of halogens is 1. The Hall–Kier alpha value is -3.10. The van der Waals surface area contributed by atoms with Crippen molar-refractivity contribution in [1.29, 1.82) is 0 Å². The fourth-order valence-electron chi connectivity index (χ4n) is 2.84. The largest absolute Gasteiger partial charge is 0.467 e. The van der Waals surface area contributed by atoms with Gasteiger partial charge < -0.3 is 9.73 Å². The molecule has 0 spiro atoms. The number of nitrogens with zero attached hydrogens (tertiary/aromatic N) is 4. The van der Waals surface area contributed by atoms with Crippen LogP contribution < -0.4 is 5.32 Å². The number of rotatable bonds is 7. The summed E-state index contributed by atoms with van der Waals surface area (Å²) < 4.78 is 7.38. The first-order valence-corrected chi connectivity index (χ1v) is 10.5. The second-order valence-electron chi connectivity index (χ2n) is 6.44. The van der Waals surface area contributed by atoms with Gasteiger partial charge in [0.1, 0.15) is 11.5 Å². The van der Waals surface area contributed by atoms with Crippen LogP contribution in [0.15, 0.2) is 70.6 Å². The lowest BCUT2D eigenvalue weighted by Crippen LogP contribution is -2.15. The van der Waals surface area contributed by atoms with Crippen LogP contribution >= 0.6 is 23.4 Å². The average molecular weight is 440 g/mol. The quantitative estimate of drug-likeness (QED) is 0.421. The van der Waals surface area contributed by atoms with Crippen LogP contribution in [0.2, 0.25) is 5.02 Å². The number of hydrogen-bond donors (Lipinski definition) is 1. The van der Waals surface area contributed by atoms with Gasteiger partial charge in [-0.2, -0.15) is 0 Å². The lowest BCUT2D eigenvalue weighted by atomic mass is 10.2. The highest BCUT2D eigenvalue weighted by molar-refractivity contribution is 7.99. The summed E-state index contributed by atoms with van der Waals surface area (Å²) in [5.74, 6) is 1.38. The van der Waals surface area contributed by atoms with Gasteiger partial charge in [-0.15, -0.1) is 10.2 Å². The molecule has 0 radical (unpaired) electrons. The summed E-state index contributed by atoms with van der Waals surface area (Å²) in [4.78, 5) is 16.9. The van der Waals surface area contributed by atoms with E-state index in [1.54, 1.807) is 24.6 Å². The fraction of sp³-hybridized carbons (Fsp3) is 0.143. The predicted molar refractivity (Wildman–Crippen MR) is 117 cm³/mol. The third-order valence-electron chi connectivity index (χ3n) is 4.38. The molecule has 3 aromatic heterocycles. The maximum absolute atomic E-state index is 12.5. The Labute approximate surface area is 182 Å². The molecule has 4 aromatic rings. The van der Waals surface area contributed by atoms with Gasteiger partial charge in [0.05, 0.1) is 18.6 Å². The number of amides is 1. The van der Waals surface area contributed by atoms with Gasteiger partial charge >= 0.3 is 0 Å². The summed E-state index contributed by atoms with van der Waals surface area (Å²) in [5.41, 5.74) is 2.22. The van der Waals surface area contributed by atoms with E-state index in [0.29, 0.717) is 33.9 Å². The number of benzene rings is 1. The van der Waals surface area contributed by atoms with Crippen LogP contribution in [0.25, 0.3) is 11.5 Å². The molecule has 0 saturated heterocycles. The van der Waals surface area contributed by atoms with Gasteiger partial charge in [-0.05, 0) is 48.9 Å². The Morgan fingerprint density at radius 1 is 1.17 bits per heavy atom. The van der Waals surface area contributed by atoms with Crippen molar-refractivity contribution in [1.82, 2.24) is 19.7 Å². The van der Waals surface area contributed by atoms with Crippen LogP contribution in [-0.2, 0) is 11.3 Å². The number of anilines is 1. The standard InChI is InChI=1S/C21H18ClN5O2S/c1-14-16(22)7-4-9-17(14)24-19(28)13-30-21-26-25-20(18-8-2-3-10-23-18)27(21)12-15-6-5-11-29-15/h2-11H,12-13H2,1H3,(H,24,28). The first-order chi connectivity index (χ1) is 14.6. The molecule has 0 aliphatic rings. The summed E-state index contributed by atoms with van der Waals surface area (Å²) in [7, 11) is 0. The zero-order chi connectivity index (χ0) is 20.9. The molecule has 3 heterocycles. The Kier molecular flexibility index (Phi) is 6.15. The van der Waals surface area contributed by atoms with E-state index >= 15 is 0 Å². The molecule has 0 aliphatic heterocycles. The van der Waals surface area contributed by atoms with Crippen molar-refractivity contribution in [3.8, 4) is 11.5 Å². The van der Waals surface area contributed by atoms with Crippen LogP contribution in [0.3, 0.4) is 0 Å². The molecule has 1 aromatic carbocycles. The molecule has 1 amide bonds. The van der Waals surface area contributed by atoms with Crippen LogP contribution in [-0.4, -0.2) is 31.4 Å². The second kappa shape index (κ2) is 9.15. The number of carbonyl (C=O) groups is 1. The molecule has 7 nitrogen and oxygen atoms in total. The molecular formula is C21H18ClN5O2S. The first-order valence-electron chi connectivity index (χ1n) is 9.16. The van der Waals surface area contributed by atoms with E-state index in [9.17, 15) is 4.79 Å². The van der Waals surface area contributed by atoms with Crippen LogP contribution in [0.4, 0.5) is 5.69 Å². The van der Waals surface area contributed by atoms with Gasteiger partial charge in [-0.3, -0.25) is 14.3 Å². The zero-order valence-electron chi connectivity index (χ0n) is 16.1. The highest BCUT2D eigenvalue weighted by atomic mass is 35.5. The minimum absolute atomic E-state index is 0.155. The lowest BCUT2D eigenvalue weighted by Gasteiger charge is -2.10. The van der Waals surface area contributed by atoms with Crippen molar-refractivity contribution in [3.05, 3.63) is 77.3 Å². The van der Waals surface area contributed by atoms with Crippen molar-refractivity contribution in [3.63, 3.8) is 0 Å². The van der Waals surface area contributed by atoms with E-state index in [2.05, 4.69) is 20.5 Å². The molecule has 0 fully saturated rings. The van der Waals surface area contributed by atoms with Gasteiger partial charge in [0.15, 0.2) is 11.0 Å². The highest BCUT2D eigenvalue weighted by Crippen LogP contribution is 2.26. The Balaban J connectivity index is 1.52. The van der Waals surface area contributed by atoms with Gasteiger partial charge in [0.2, 0.25) is 5.91 Å². The number of aromatic nitrogens is 4. The third kappa shape index (κ3) is 4.55. The molecule has 152 valence electrons. The van der Waals surface area contributed by atoms with E-state index in [4.69, 9.17) is 16.0 Å². The summed E-state index contributed by atoms with van der Waals surface area (Å²) >= 11 is 7.42. The molecule has 0 bridgehead atoms. The topological polar surface area (TPSA) is 85.8 Å². The number of furan rings is 1. The minimum atomic E-state index is -0.155. The maximum Gasteiger partial charge on any atom is 0.234 e.